The van der Waals surface area contributed by atoms with Crippen LogP contribution in [0, 0.1) is 0 Å². The van der Waals surface area contributed by atoms with Crippen LogP contribution in [0.3, 0.4) is 0 Å². The molecule has 0 saturated heterocycles. The van der Waals surface area contributed by atoms with Gasteiger partial charge in [0.05, 0.1) is 11.1 Å². The molecule has 62 heavy (non-hydrogen) atoms. The van der Waals surface area contributed by atoms with Crippen molar-refractivity contribution in [2.75, 3.05) is 4.90 Å². The van der Waals surface area contributed by atoms with Crippen molar-refractivity contribution in [1.29, 1.82) is 0 Å². The highest BCUT2D eigenvalue weighted by Crippen LogP contribution is 2.62. The number of hydrogen-bond donors (Lipinski definition) is 0. The summed E-state index contributed by atoms with van der Waals surface area (Å²) in [5.74, 6) is 2.84. The molecule has 0 spiro atoms. The van der Waals surface area contributed by atoms with E-state index in [4.69, 9.17) is 9.47 Å². The molecular weight excluding hydrogens is 755 g/mol. The predicted octanol–water partition coefficient (Wildman–Crippen LogP) is 15.7. The first-order valence-corrected chi connectivity index (χ1v) is 21.5. The van der Waals surface area contributed by atoms with Gasteiger partial charge in [-0.1, -0.05) is 188 Å². The molecular formula is C59H41NO2. The van der Waals surface area contributed by atoms with E-state index in [9.17, 15) is 0 Å². The third kappa shape index (κ3) is 5.73. The van der Waals surface area contributed by atoms with E-state index in [2.05, 4.69) is 229 Å². The van der Waals surface area contributed by atoms with Gasteiger partial charge in [0.25, 0.3) is 0 Å². The molecule has 0 amide bonds. The van der Waals surface area contributed by atoms with Gasteiger partial charge in [0.15, 0.2) is 23.0 Å². The van der Waals surface area contributed by atoms with Crippen molar-refractivity contribution in [1.82, 2.24) is 0 Å². The van der Waals surface area contributed by atoms with Crippen molar-refractivity contribution in [2.24, 2.45) is 0 Å². The average Bonchev–Trinajstić information content (AvgIpc) is 3.66. The number of hydrogen-bond acceptors (Lipinski definition) is 3. The van der Waals surface area contributed by atoms with Gasteiger partial charge in [0, 0.05) is 28.4 Å². The van der Waals surface area contributed by atoms with E-state index in [1.165, 1.54) is 61.0 Å². The normalized spacial score (nSPS) is 14.3. The molecule has 0 aromatic heterocycles. The summed E-state index contributed by atoms with van der Waals surface area (Å²) in [6.07, 6.45) is 6.40. The van der Waals surface area contributed by atoms with Gasteiger partial charge in [-0.25, -0.2) is 0 Å². The predicted molar refractivity (Wildman–Crippen MR) is 254 cm³/mol. The fourth-order valence-electron chi connectivity index (χ4n) is 10.1. The van der Waals surface area contributed by atoms with Crippen LogP contribution in [-0.4, -0.2) is 0 Å². The fourth-order valence-corrected chi connectivity index (χ4v) is 10.1. The number of fused-ring (bicyclic) bond motifs is 7. The lowest BCUT2D eigenvalue weighted by atomic mass is 9.68. The fraction of sp³-hybridized carbons (Fsp3) is 0.0508. The second-order valence-electron chi connectivity index (χ2n) is 16.3. The summed E-state index contributed by atoms with van der Waals surface area (Å²) in [4.78, 5) is 2.40. The Morgan fingerprint density at radius 1 is 0.435 bits per heavy atom. The number of nitrogens with zero attached hydrogens (tertiary/aromatic N) is 1. The van der Waals surface area contributed by atoms with Gasteiger partial charge in [-0.05, 0) is 98.7 Å². The van der Waals surface area contributed by atoms with Gasteiger partial charge in [-0.3, -0.25) is 0 Å². The number of anilines is 2. The Kier molecular flexibility index (Phi) is 8.53. The molecule has 0 saturated carbocycles. The van der Waals surface area contributed by atoms with Crippen molar-refractivity contribution in [3.63, 3.8) is 0 Å². The standard InChI is InChI=1S/C59H41NO2/c1-4-15-40(16-5-1)41-27-29-42(30-28-41)43-31-33-47(34-32-43)60(53-26-14-18-44-17-10-11-23-49(44)53)48-35-37-54-56(39-48)61-55-38-36-52-57(58(55)62-54)50-24-12-13-25-51(50)59(52,45-19-6-2-7-20-45)46-21-8-3-9-22-46/h1-31,33,35-39H,32,34H2. The molecule has 2 aliphatic carbocycles. The molecule has 1 heterocycles. The van der Waals surface area contributed by atoms with Crippen molar-refractivity contribution in [2.45, 2.75) is 18.3 Å². The molecule has 12 rings (SSSR count). The zero-order valence-electron chi connectivity index (χ0n) is 34.0. The minimum Gasteiger partial charge on any atom is -0.449 e. The zero-order chi connectivity index (χ0) is 41.0. The van der Waals surface area contributed by atoms with Gasteiger partial charge in [0.2, 0.25) is 0 Å². The number of benzene rings is 9. The largest absolute Gasteiger partial charge is 0.449 e. The maximum absolute atomic E-state index is 7.03. The van der Waals surface area contributed by atoms with Gasteiger partial charge in [0.1, 0.15) is 0 Å². The molecule has 3 aliphatic rings. The van der Waals surface area contributed by atoms with Crippen LogP contribution < -0.4 is 14.4 Å². The van der Waals surface area contributed by atoms with E-state index >= 15 is 0 Å². The second kappa shape index (κ2) is 14.7. The lowest BCUT2D eigenvalue weighted by molar-refractivity contribution is 0.360. The Labute approximate surface area is 362 Å². The molecule has 0 N–H and O–H groups in total. The monoisotopic (exact) mass is 795 g/mol. The van der Waals surface area contributed by atoms with Crippen molar-refractivity contribution >= 4 is 27.7 Å². The molecule has 1 aliphatic heterocycles. The van der Waals surface area contributed by atoms with Crippen LogP contribution in [0.15, 0.2) is 230 Å². The quantitative estimate of drug-likeness (QED) is 0.160. The molecule has 294 valence electrons. The van der Waals surface area contributed by atoms with Gasteiger partial charge in [-0.2, -0.15) is 0 Å². The van der Waals surface area contributed by atoms with E-state index in [1.54, 1.807) is 0 Å². The smallest absolute Gasteiger partial charge is 0.178 e. The summed E-state index contributed by atoms with van der Waals surface area (Å²) in [7, 11) is 0. The maximum Gasteiger partial charge on any atom is 0.178 e. The van der Waals surface area contributed by atoms with E-state index in [-0.39, 0.29) is 0 Å². The Morgan fingerprint density at radius 2 is 1.08 bits per heavy atom. The van der Waals surface area contributed by atoms with Crippen LogP contribution in [0.1, 0.15) is 40.7 Å². The minimum atomic E-state index is -0.524. The van der Waals surface area contributed by atoms with E-state index in [1.807, 2.05) is 0 Å². The molecule has 9 aromatic carbocycles. The van der Waals surface area contributed by atoms with Crippen LogP contribution in [0.25, 0.3) is 38.6 Å². The van der Waals surface area contributed by atoms with Gasteiger partial charge < -0.3 is 14.4 Å². The Hall–Kier alpha value is -7.88. The summed E-state index contributed by atoms with van der Waals surface area (Å²) in [6.45, 7) is 0. The summed E-state index contributed by atoms with van der Waals surface area (Å²) >= 11 is 0. The van der Waals surface area contributed by atoms with Crippen LogP contribution in [0.4, 0.5) is 11.4 Å². The number of rotatable bonds is 7. The number of ether oxygens (including phenoxy) is 2. The Bertz CT molecular complexity index is 3180. The summed E-state index contributed by atoms with van der Waals surface area (Å²) < 4.78 is 14.0. The first-order valence-electron chi connectivity index (χ1n) is 21.5. The molecule has 0 bridgehead atoms. The van der Waals surface area contributed by atoms with Crippen molar-refractivity contribution in [3.8, 4) is 45.3 Å². The Morgan fingerprint density at radius 3 is 1.84 bits per heavy atom. The van der Waals surface area contributed by atoms with Gasteiger partial charge >= 0.3 is 0 Å². The lowest BCUT2D eigenvalue weighted by Gasteiger charge is -2.34. The van der Waals surface area contributed by atoms with Gasteiger partial charge in [-0.15, -0.1) is 0 Å². The molecule has 0 radical (unpaired) electrons. The SMILES string of the molecule is C1=C(c2ccc(-c3ccccc3)cc2)CCC(N(c2ccc3c(c2)Oc2ccc4c(c2O3)-c2ccccc2C4(c2ccccc2)c2ccccc2)c2cccc3ccccc23)=C1. The zero-order valence-corrected chi connectivity index (χ0v) is 34.0. The van der Waals surface area contributed by atoms with E-state index in [0.29, 0.717) is 17.2 Å². The molecule has 0 atom stereocenters. The first-order chi connectivity index (χ1) is 30.7. The Balaban J connectivity index is 0.945. The third-order valence-corrected chi connectivity index (χ3v) is 12.9. The van der Waals surface area contributed by atoms with E-state index in [0.717, 1.165) is 41.1 Å². The molecule has 0 unspecified atom stereocenters. The third-order valence-electron chi connectivity index (χ3n) is 12.9. The molecule has 0 fully saturated rings. The number of allylic oxidation sites excluding steroid dienone is 4. The molecule has 9 aromatic rings. The van der Waals surface area contributed by atoms with Crippen molar-refractivity contribution < 1.29 is 9.47 Å². The average molecular weight is 796 g/mol. The highest BCUT2D eigenvalue weighted by molar-refractivity contribution is 5.98. The van der Waals surface area contributed by atoms with Crippen LogP contribution in [0.2, 0.25) is 0 Å². The van der Waals surface area contributed by atoms with Crippen molar-refractivity contribution in [3.05, 3.63) is 258 Å². The van der Waals surface area contributed by atoms with E-state index < -0.39 is 5.41 Å². The summed E-state index contributed by atoms with van der Waals surface area (Å²) in [5.41, 5.74) is 15.0. The second-order valence-corrected chi connectivity index (χ2v) is 16.3. The highest BCUT2D eigenvalue weighted by Gasteiger charge is 2.48. The highest BCUT2D eigenvalue weighted by atomic mass is 16.6. The molecule has 3 heteroatoms. The lowest BCUT2D eigenvalue weighted by Crippen LogP contribution is -2.28. The minimum absolute atomic E-state index is 0.524. The van der Waals surface area contributed by atoms with Crippen LogP contribution in [0.5, 0.6) is 23.0 Å². The van der Waals surface area contributed by atoms with Crippen LogP contribution in [-0.2, 0) is 5.41 Å². The topological polar surface area (TPSA) is 21.7 Å². The summed E-state index contributed by atoms with van der Waals surface area (Å²) in [6, 6.07) is 76.0. The van der Waals surface area contributed by atoms with Crippen LogP contribution >= 0.6 is 0 Å². The summed E-state index contributed by atoms with van der Waals surface area (Å²) in [5, 5.41) is 2.39. The first kappa shape index (κ1) is 36.0. The molecule has 3 nitrogen and oxygen atoms in total. The maximum atomic E-state index is 7.03.